The first-order valence-electron chi connectivity index (χ1n) is 8.24. The summed E-state index contributed by atoms with van der Waals surface area (Å²) in [4.78, 5) is 14.2. The minimum Gasteiger partial charge on any atom is -0.454 e. The Bertz CT molecular complexity index is 813. The highest BCUT2D eigenvalue weighted by Gasteiger charge is 2.17. The molecule has 0 bridgehead atoms. The normalized spacial score (nSPS) is 13.7. The fourth-order valence-electron chi connectivity index (χ4n) is 2.79. The molecule has 2 aromatic carbocycles. The molecule has 1 N–H and O–H groups in total. The van der Waals surface area contributed by atoms with Crippen molar-refractivity contribution in [3.63, 3.8) is 0 Å². The Hall–Kier alpha value is -1.95. The van der Waals surface area contributed by atoms with Crippen molar-refractivity contribution in [2.75, 3.05) is 20.4 Å². The number of halogens is 2. The van der Waals surface area contributed by atoms with Gasteiger partial charge in [0.25, 0.3) is 0 Å². The number of amides is 1. The van der Waals surface area contributed by atoms with Crippen LogP contribution in [-0.2, 0) is 11.3 Å². The molecule has 1 aliphatic rings. The maximum absolute atomic E-state index is 12.3. The van der Waals surface area contributed by atoms with Crippen molar-refractivity contribution in [3.8, 4) is 11.5 Å². The Balaban J connectivity index is 1.54. The van der Waals surface area contributed by atoms with Gasteiger partial charge in [-0.05, 0) is 49.4 Å². The highest BCUT2D eigenvalue weighted by atomic mass is 35.5. The van der Waals surface area contributed by atoms with E-state index in [-0.39, 0.29) is 25.3 Å². The largest absolute Gasteiger partial charge is 0.454 e. The van der Waals surface area contributed by atoms with Gasteiger partial charge in [-0.3, -0.25) is 9.69 Å². The average molecular weight is 395 g/mol. The van der Waals surface area contributed by atoms with Gasteiger partial charge in [0, 0.05) is 16.6 Å². The van der Waals surface area contributed by atoms with E-state index >= 15 is 0 Å². The van der Waals surface area contributed by atoms with Crippen molar-refractivity contribution in [3.05, 3.63) is 57.6 Å². The van der Waals surface area contributed by atoms with Crippen molar-refractivity contribution >= 4 is 29.1 Å². The molecule has 3 rings (SSSR count). The van der Waals surface area contributed by atoms with Gasteiger partial charge in [0.1, 0.15) is 0 Å². The van der Waals surface area contributed by atoms with E-state index in [1.807, 2.05) is 43.1 Å². The van der Waals surface area contributed by atoms with E-state index < -0.39 is 0 Å². The van der Waals surface area contributed by atoms with E-state index in [0.29, 0.717) is 22.3 Å². The molecule has 0 fully saturated rings. The van der Waals surface area contributed by atoms with Gasteiger partial charge in [-0.15, -0.1) is 0 Å². The molecule has 138 valence electrons. The summed E-state index contributed by atoms with van der Waals surface area (Å²) < 4.78 is 10.7. The van der Waals surface area contributed by atoms with Gasteiger partial charge in [-0.25, -0.2) is 0 Å². The minimum absolute atomic E-state index is 0.0669. The van der Waals surface area contributed by atoms with Crippen LogP contribution in [0.15, 0.2) is 36.4 Å². The number of hydrogen-bond donors (Lipinski definition) is 1. The lowest BCUT2D eigenvalue weighted by Gasteiger charge is -2.20. The predicted molar refractivity (Wildman–Crippen MR) is 102 cm³/mol. The Morgan fingerprint density at radius 2 is 1.96 bits per heavy atom. The van der Waals surface area contributed by atoms with Crippen LogP contribution >= 0.6 is 23.2 Å². The van der Waals surface area contributed by atoms with Crippen LogP contribution in [0.5, 0.6) is 11.5 Å². The van der Waals surface area contributed by atoms with E-state index in [4.69, 9.17) is 32.7 Å². The maximum atomic E-state index is 12.3. The summed E-state index contributed by atoms with van der Waals surface area (Å²) in [6, 6.07) is 10.9. The highest BCUT2D eigenvalue weighted by Crippen LogP contribution is 2.34. The number of carbonyl (C=O) groups excluding carboxylic acids is 1. The molecule has 1 amide bonds. The third-order valence-electron chi connectivity index (χ3n) is 4.14. The van der Waals surface area contributed by atoms with Crippen molar-refractivity contribution in [1.29, 1.82) is 0 Å². The molecular weight excluding hydrogens is 375 g/mol. The van der Waals surface area contributed by atoms with Crippen LogP contribution in [0.25, 0.3) is 0 Å². The number of fused-ring (bicyclic) bond motifs is 1. The first-order chi connectivity index (χ1) is 12.4. The van der Waals surface area contributed by atoms with Crippen LogP contribution < -0.4 is 14.8 Å². The van der Waals surface area contributed by atoms with Gasteiger partial charge in [-0.2, -0.15) is 0 Å². The van der Waals surface area contributed by atoms with Gasteiger partial charge in [-0.1, -0.05) is 35.3 Å². The van der Waals surface area contributed by atoms with Crippen molar-refractivity contribution < 1.29 is 14.3 Å². The predicted octanol–water partition coefficient (Wildman–Crippen LogP) is 4.03. The zero-order valence-corrected chi connectivity index (χ0v) is 16.1. The maximum Gasteiger partial charge on any atom is 0.234 e. The molecule has 0 saturated heterocycles. The van der Waals surface area contributed by atoms with Crippen LogP contribution in [0, 0.1) is 0 Å². The van der Waals surface area contributed by atoms with Crippen molar-refractivity contribution in [1.82, 2.24) is 10.2 Å². The van der Waals surface area contributed by atoms with Gasteiger partial charge in [0.2, 0.25) is 12.7 Å². The molecule has 2 aromatic rings. The van der Waals surface area contributed by atoms with Gasteiger partial charge in [0.15, 0.2) is 11.5 Å². The van der Waals surface area contributed by atoms with Crippen LogP contribution in [0.1, 0.15) is 24.1 Å². The highest BCUT2D eigenvalue weighted by molar-refractivity contribution is 6.35. The number of likely N-dealkylation sites (N-methyl/N-ethyl adjacent to an activating group) is 1. The third kappa shape index (κ3) is 4.61. The van der Waals surface area contributed by atoms with E-state index in [1.54, 1.807) is 12.1 Å². The fourth-order valence-corrected chi connectivity index (χ4v) is 3.26. The molecule has 0 unspecified atom stereocenters. The summed E-state index contributed by atoms with van der Waals surface area (Å²) in [6.45, 7) is 2.98. The molecule has 0 aliphatic carbocycles. The van der Waals surface area contributed by atoms with Crippen molar-refractivity contribution in [2.45, 2.75) is 19.5 Å². The molecule has 0 radical (unpaired) electrons. The summed E-state index contributed by atoms with van der Waals surface area (Å²) in [6.07, 6.45) is 0. The number of ether oxygens (including phenoxy) is 2. The molecule has 26 heavy (non-hydrogen) atoms. The Morgan fingerprint density at radius 1 is 1.19 bits per heavy atom. The number of nitrogens with zero attached hydrogens (tertiary/aromatic N) is 1. The second-order valence-corrected chi connectivity index (χ2v) is 7.15. The lowest BCUT2D eigenvalue weighted by Crippen LogP contribution is -2.36. The van der Waals surface area contributed by atoms with E-state index in [9.17, 15) is 4.79 Å². The van der Waals surface area contributed by atoms with E-state index in [1.165, 1.54) is 0 Å². The Kier molecular flexibility index (Phi) is 5.91. The average Bonchev–Trinajstić information content (AvgIpc) is 3.04. The van der Waals surface area contributed by atoms with Crippen LogP contribution in [0.4, 0.5) is 0 Å². The molecule has 7 heteroatoms. The summed E-state index contributed by atoms with van der Waals surface area (Å²) in [5.41, 5.74) is 1.89. The SMILES string of the molecule is C[C@@H](NC(=O)CN(C)Cc1ccc(Cl)cc1Cl)c1ccc2c(c1)OCO2. The minimum atomic E-state index is -0.135. The van der Waals surface area contributed by atoms with Crippen LogP contribution in [0.3, 0.4) is 0 Å². The summed E-state index contributed by atoms with van der Waals surface area (Å²) in [5, 5.41) is 4.19. The zero-order chi connectivity index (χ0) is 18.7. The molecule has 5 nitrogen and oxygen atoms in total. The lowest BCUT2D eigenvalue weighted by molar-refractivity contribution is -0.122. The summed E-state index contributed by atoms with van der Waals surface area (Å²) in [7, 11) is 1.87. The first kappa shape index (κ1) is 18.8. The summed E-state index contributed by atoms with van der Waals surface area (Å²) >= 11 is 12.1. The fraction of sp³-hybridized carbons (Fsp3) is 0.316. The molecule has 1 heterocycles. The van der Waals surface area contributed by atoms with Crippen LogP contribution in [0.2, 0.25) is 10.0 Å². The van der Waals surface area contributed by atoms with Gasteiger partial charge < -0.3 is 14.8 Å². The molecular formula is C19H20Cl2N2O3. The molecule has 1 aliphatic heterocycles. The van der Waals surface area contributed by atoms with Crippen LogP contribution in [-0.4, -0.2) is 31.2 Å². The Labute approximate surface area is 162 Å². The number of carbonyl (C=O) groups is 1. The quantitative estimate of drug-likeness (QED) is 0.803. The standard InChI is InChI=1S/C19H20Cl2N2O3/c1-12(13-4-6-17-18(7-13)26-11-25-17)22-19(24)10-23(2)9-14-3-5-15(20)8-16(14)21/h3-8,12H,9-11H2,1-2H3,(H,22,24)/t12-/m1/s1. The van der Waals surface area contributed by atoms with E-state index in [2.05, 4.69) is 5.32 Å². The monoisotopic (exact) mass is 394 g/mol. The van der Waals surface area contributed by atoms with E-state index in [0.717, 1.165) is 16.9 Å². The third-order valence-corrected chi connectivity index (χ3v) is 4.73. The number of nitrogens with one attached hydrogen (secondary N) is 1. The molecule has 1 atom stereocenters. The summed E-state index contributed by atoms with van der Waals surface area (Å²) in [5.74, 6) is 1.37. The number of rotatable bonds is 6. The number of benzene rings is 2. The second kappa shape index (κ2) is 8.16. The van der Waals surface area contributed by atoms with Gasteiger partial charge in [0.05, 0.1) is 12.6 Å². The molecule has 0 saturated carbocycles. The molecule has 0 spiro atoms. The van der Waals surface area contributed by atoms with Gasteiger partial charge >= 0.3 is 0 Å². The lowest BCUT2D eigenvalue weighted by atomic mass is 10.1. The Morgan fingerprint density at radius 3 is 2.73 bits per heavy atom. The number of hydrogen-bond acceptors (Lipinski definition) is 4. The topological polar surface area (TPSA) is 50.8 Å². The zero-order valence-electron chi connectivity index (χ0n) is 14.6. The first-order valence-corrected chi connectivity index (χ1v) is 8.99. The smallest absolute Gasteiger partial charge is 0.234 e. The van der Waals surface area contributed by atoms with Crippen molar-refractivity contribution in [2.24, 2.45) is 0 Å². The molecule has 0 aromatic heterocycles. The second-order valence-electron chi connectivity index (χ2n) is 6.31.